The molecule has 0 radical (unpaired) electrons. The summed E-state index contributed by atoms with van der Waals surface area (Å²) in [5.74, 6) is -1.24. The van der Waals surface area contributed by atoms with Gasteiger partial charge in [-0.2, -0.15) is 50.5 Å². The maximum Gasteiger partial charge on any atom is 0.332 e. The van der Waals surface area contributed by atoms with Gasteiger partial charge in [0.1, 0.15) is 4.08 Å². The Morgan fingerprint density at radius 2 is 1.50 bits per heavy atom. The van der Waals surface area contributed by atoms with Crippen molar-refractivity contribution < 1.29 is 9.90 Å². The number of carbonyl (C=O) groups is 1. The second-order valence-electron chi connectivity index (χ2n) is 2.08. The van der Waals surface area contributed by atoms with Crippen molar-refractivity contribution in [3.05, 3.63) is 0 Å². The van der Waals surface area contributed by atoms with E-state index in [4.69, 9.17) is 5.11 Å². The molecule has 0 amide bonds. The van der Waals surface area contributed by atoms with Crippen LogP contribution in [-0.2, 0) is 4.79 Å². The molecule has 0 aromatic rings. The minimum absolute atomic E-state index is 0.671. The van der Waals surface area contributed by atoms with Crippen molar-refractivity contribution >= 4 is 81.7 Å². The molecule has 0 spiro atoms. The molecule has 2 nitrogen and oxygen atoms in total. The van der Waals surface area contributed by atoms with Gasteiger partial charge >= 0.3 is 5.97 Å². The molecule has 0 aliphatic carbocycles. The fourth-order valence-corrected chi connectivity index (χ4v) is 1.58. The van der Waals surface area contributed by atoms with Crippen molar-refractivity contribution in [1.82, 2.24) is 0 Å². The highest BCUT2D eigenvalue weighted by atomic mass is 32.2. The van der Waals surface area contributed by atoms with Crippen molar-refractivity contribution in [3.8, 4) is 0 Å². The molecular weight excluding hydrogens is 272 g/mol. The molecular formula is C4H8O2S6. The Hall–Kier alpha value is 1.57. The van der Waals surface area contributed by atoms with E-state index in [1.54, 1.807) is 0 Å². The number of rotatable bonds is 3. The van der Waals surface area contributed by atoms with Crippen LogP contribution in [0.3, 0.4) is 0 Å². The van der Waals surface area contributed by atoms with Crippen LogP contribution in [0.5, 0.6) is 0 Å². The minimum atomic E-state index is -1.70. The first kappa shape index (κ1) is 13.6. The number of aliphatic carboxylic acids is 1. The van der Waals surface area contributed by atoms with Crippen molar-refractivity contribution in [3.63, 3.8) is 0 Å². The summed E-state index contributed by atoms with van der Waals surface area (Å²) in [7, 11) is 0. The van der Waals surface area contributed by atoms with E-state index < -0.39 is 18.7 Å². The monoisotopic (exact) mass is 280 g/mol. The minimum Gasteiger partial charge on any atom is -0.480 e. The van der Waals surface area contributed by atoms with Gasteiger partial charge in [-0.3, -0.25) is 0 Å². The molecule has 8 heteroatoms. The van der Waals surface area contributed by atoms with Gasteiger partial charge < -0.3 is 5.11 Å². The van der Waals surface area contributed by atoms with Gasteiger partial charge in [-0.05, 0) is 0 Å². The lowest BCUT2D eigenvalue weighted by Crippen LogP contribution is -2.48. The zero-order valence-electron chi connectivity index (χ0n) is 5.62. The van der Waals surface area contributed by atoms with Crippen molar-refractivity contribution in [2.75, 3.05) is 0 Å². The van der Waals surface area contributed by atoms with Crippen LogP contribution in [0.2, 0.25) is 0 Å². The van der Waals surface area contributed by atoms with Gasteiger partial charge in [0.25, 0.3) is 0 Å². The second-order valence-corrected chi connectivity index (χ2v) is 6.98. The Kier molecular flexibility index (Phi) is 4.97. The summed E-state index contributed by atoms with van der Waals surface area (Å²) in [6.45, 7) is 0. The Morgan fingerprint density at radius 3 is 1.58 bits per heavy atom. The van der Waals surface area contributed by atoms with Crippen LogP contribution in [-0.4, -0.2) is 23.8 Å². The Morgan fingerprint density at radius 1 is 1.17 bits per heavy atom. The third kappa shape index (κ3) is 2.54. The molecule has 0 rings (SSSR count). The summed E-state index contributed by atoms with van der Waals surface area (Å²) in [5, 5.41) is 8.71. The molecule has 0 aromatic heterocycles. The second kappa shape index (κ2) is 4.39. The summed E-state index contributed by atoms with van der Waals surface area (Å²) in [4.78, 5) is 10.7. The fourth-order valence-electron chi connectivity index (χ4n) is 0.337. The van der Waals surface area contributed by atoms with Gasteiger partial charge in [-0.25, -0.2) is 4.79 Å². The summed E-state index contributed by atoms with van der Waals surface area (Å²) in [6.07, 6.45) is 0. The van der Waals surface area contributed by atoms with Crippen LogP contribution in [0.4, 0.5) is 0 Å². The Bertz CT molecular complexity index is 188. The molecule has 0 aliphatic heterocycles. The lowest BCUT2D eigenvalue weighted by molar-refractivity contribution is -0.137. The standard InChI is InChI=1S/C4H8O2S6/c5-1(6)3(9,10)4(11,12)2(7)8/h2,7-12H,(H,5,6). The molecule has 0 saturated heterocycles. The average molecular weight is 281 g/mol. The van der Waals surface area contributed by atoms with E-state index in [-0.39, 0.29) is 0 Å². The first-order valence-electron chi connectivity index (χ1n) is 2.63. The average Bonchev–Trinajstić information content (AvgIpc) is 1.86. The summed E-state index contributed by atoms with van der Waals surface area (Å²) < 4.78 is -3.71. The molecule has 12 heavy (non-hydrogen) atoms. The van der Waals surface area contributed by atoms with E-state index in [0.717, 1.165) is 0 Å². The van der Waals surface area contributed by atoms with E-state index in [1.165, 1.54) is 0 Å². The van der Waals surface area contributed by atoms with E-state index in [0.29, 0.717) is 0 Å². The van der Waals surface area contributed by atoms with E-state index in [1.807, 2.05) is 0 Å². The molecule has 1 N–H and O–H groups in total. The highest BCUT2D eigenvalue weighted by Crippen LogP contribution is 2.46. The highest BCUT2D eigenvalue weighted by molar-refractivity contribution is 8.12. The van der Waals surface area contributed by atoms with Gasteiger partial charge in [0.15, 0.2) is 4.08 Å². The summed E-state index contributed by atoms with van der Waals surface area (Å²) >= 11 is 23.4. The smallest absolute Gasteiger partial charge is 0.332 e. The summed E-state index contributed by atoms with van der Waals surface area (Å²) in [6, 6.07) is 0. The van der Waals surface area contributed by atoms with E-state index in [9.17, 15) is 4.79 Å². The highest BCUT2D eigenvalue weighted by Gasteiger charge is 2.51. The van der Waals surface area contributed by atoms with Crippen LogP contribution in [0.25, 0.3) is 0 Å². The van der Waals surface area contributed by atoms with Crippen LogP contribution in [0, 0.1) is 0 Å². The topological polar surface area (TPSA) is 37.3 Å². The molecule has 0 aliphatic rings. The predicted molar refractivity (Wildman–Crippen MR) is 70.8 cm³/mol. The fraction of sp³-hybridized carbons (Fsp3) is 0.750. The van der Waals surface area contributed by atoms with Gasteiger partial charge in [0.2, 0.25) is 0 Å². The third-order valence-electron chi connectivity index (χ3n) is 1.17. The molecule has 0 bridgehead atoms. The molecule has 0 heterocycles. The first-order valence-corrected chi connectivity index (χ1v) is 5.45. The van der Waals surface area contributed by atoms with Crippen LogP contribution >= 0.6 is 75.8 Å². The van der Waals surface area contributed by atoms with Crippen LogP contribution in [0.1, 0.15) is 0 Å². The van der Waals surface area contributed by atoms with Crippen molar-refractivity contribution in [2.24, 2.45) is 0 Å². The lowest BCUT2D eigenvalue weighted by Gasteiger charge is -2.36. The molecule has 0 aromatic carbocycles. The first-order chi connectivity index (χ1) is 5.14. The lowest BCUT2D eigenvalue weighted by atomic mass is 10.3. The number of hydrogen-bond acceptors (Lipinski definition) is 7. The normalized spacial score (nSPS) is 13.6. The third-order valence-corrected chi connectivity index (χ3v) is 5.74. The van der Waals surface area contributed by atoms with Crippen LogP contribution in [0.15, 0.2) is 0 Å². The predicted octanol–water partition coefficient (Wildman–Crippen LogP) is 1.37. The maximum atomic E-state index is 10.7. The van der Waals surface area contributed by atoms with Gasteiger partial charge in [0.05, 0.1) is 4.58 Å². The van der Waals surface area contributed by atoms with E-state index >= 15 is 0 Å². The quantitative estimate of drug-likeness (QED) is 0.315. The van der Waals surface area contributed by atoms with Gasteiger partial charge in [-0.15, -0.1) is 25.3 Å². The zero-order valence-corrected chi connectivity index (χ0v) is 11.0. The Labute approximate surface area is 104 Å². The van der Waals surface area contributed by atoms with E-state index in [2.05, 4.69) is 75.8 Å². The SMILES string of the molecule is O=C(O)C(S)(S)C(S)(S)C(S)S. The molecule has 0 unspecified atom stereocenters. The van der Waals surface area contributed by atoms with Crippen molar-refractivity contribution in [2.45, 2.75) is 12.7 Å². The molecule has 72 valence electrons. The number of thiol groups is 6. The zero-order chi connectivity index (χ0) is 10.2. The molecule has 0 saturated carbocycles. The van der Waals surface area contributed by atoms with Gasteiger partial charge in [0, 0.05) is 0 Å². The number of carboxylic acids is 1. The largest absolute Gasteiger partial charge is 0.480 e. The van der Waals surface area contributed by atoms with Gasteiger partial charge in [-0.1, -0.05) is 0 Å². The number of carboxylic acid groups (broad SMARTS) is 1. The molecule has 0 fully saturated rings. The van der Waals surface area contributed by atoms with Crippen molar-refractivity contribution in [1.29, 1.82) is 0 Å². The number of hydrogen-bond donors (Lipinski definition) is 7. The maximum absolute atomic E-state index is 10.7. The molecule has 0 atom stereocenters. The Balaban J connectivity index is 4.88. The summed E-state index contributed by atoms with van der Waals surface area (Å²) in [5.41, 5.74) is 0. The van der Waals surface area contributed by atoms with Crippen LogP contribution < -0.4 is 0 Å².